The van der Waals surface area contributed by atoms with Gasteiger partial charge in [0.05, 0.1) is 19.2 Å². The van der Waals surface area contributed by atoms with Gasteiger partial charge in [-0.1, -0.05) is 20.8 Å². The van der Waals surface area contributed by atoms with Crippen LogP contribution in [0, 0.1) is 0 Å². The van der Waals surface area contributed by atoms with Crippen LogP contribution in [0.3, 0.4) is 0 Å². The fourth-order valence-corrected chi connectivity index (χ4v) is 2.01. The molecule has 0 atom stereocenters. The van der Waals surface area contributed by atoms with Crippen molar-refractivity contribution < 1.29 is 14.3 Å². The van der Waals surface area contributed by atoms with Gasteiger partial charge in [-0.15, -0.1) is 0 Å². The fraction of sp³-hybridized carbons (Fsp3) is 0.500. The highest BCUT2D eigenvalue weighted by Crippen LogP contribution is 2.38. The number of rotatable bonds is 1. The summed E-state index contributed by atoms with van der Waals surface area (Å²) in [6.45, 7) is 7.30. The number of methoxy groups -OCH3 is 1. The predicted molar refractivity (Wildman–Crippen MR) is 69.5 cm³/mol. The van der Waals surface area contributed by atoms with Gasteiger partial charge in [0.25, 0.3) is 5.91 Å². The van der Waals surface area contributed by atoms with Crippen molar-refractivity contribution >= 4 is 5.91 Å². The van der Waals surface area contributed by atoms with Crippen molar-refractivity contribution in [2.24, 2.45) is 0 Å². The molecule has 0 saturated carbocycles. The zero-order chi connectivity index (χ0) is 13.3. The molecule has 1 heterocycles. The topological polar surface area (TPSA) is 47.6 Å². The Kier molecular flexibility index (Phi) is 3.20. The van der Waals surface area contributed by atoms with Crippen molar-refractivity contribution in [1.82, 2.24) is 5.32 Å². The average molecular weight is 249 g/mol. The lowest BCUT2D eigenvalue weighted by molar-refractivity contribution is 0.0957. The van der Waals surface area contributed by atoms with Gasteiger partial charge in [-0.2, -0.15) is 0 Å². The molecule has 0 unspecified atom stereocenters. The highest BCUT2D eigenvalue weighted by Gasteiger charge is 2.27. The molecule has 0 radical (unpaired) electrons. The van der Waals surface area contributed by atoms with Gasteiger partial charge in [0.15, 0.2) is 0 Å². The molecule has 0 saturated heterocycles. The Hall–Kier alpha value is -1.71. The number of ether oxygens (including phenoxy) is 2. The van der Waals surface area contributed by atoms with E-state index in [0.717, 1.165) is 5.56 Å². The second kappa shape index (κ2) is 4.52. The second-order valence-electron chi connectivity index (χ2n) is 5.41. The highest BCUT2D eigenvalue weighted by atomic mass is 16.5. The molecule has 1 amide bonds. The summed E-state index contributed by atoms with van der Waals surface area (Å²) < 4.78 is 11.0. The van der Waals surface area contributed by atoms with Crippen molar-refractivity contribution in [3.63, 3.8) is 0 Å². The van der Waals surface area contributed by atoms with Crippen molar-refractivity contribution in [2.45, 2.75) is 26.2 Å². The first-order valence-electron chi connectivity index (χ1n) is 6.07. The summed E-state index contributed by atoms with van der Waals surface area (Å²) in [4.78, 5) is 12.0. The molecule has 1 N–H and O–H groups in total. The second-order valence-corrected chi connectivity index (χ2v) is 5.41. The zero-order valence-corrected chi connectivity index (χ0v) is 11.3. The molecule has 0 spiro atoms. The van der Waals surface area contributed by atoms with Gasteiger partial charge < -0.3 is 14.8 Å². The first-order valence-corrected chi connectivity index (χ1v) is 6.07. The highest BCUT2D eigenvalue weighted by molar-refractivity contribution is 5.98. The van der Waals surface area contributed by atoms with Gasteiger partial charge in [0, 0.05) is 5.56 Å². The van der Waals surface area contributed by atoms with Crippen molar-refractivity contribution in [3.05, 3.63) is 23.3 Å². The molecule has 1 aliphatic heterocycles. The van der Waals surface area contributed by atoms with Gasteiger partial charge in [-0.3, -0.25) is 4.79 Å². The fourth-order valence-electron chi connectivity index (χ4n) is 2.01. The maximum Gasteiger partial charge on any atom is 0.255 e. The van der Waals surface area contributed by atoms with Crippen LogP contribution in [0.25, 0.3) is 0 Å². The van der Waals surface area contributed by atoms with Crippen molar-refractivity contribution in [2.75, 3.05) is 20.3 Å². The van der Waals surface area contributed by atoms with Crippen molar-refractivity contribution in [1.29, 1.82) is 0 Å². The summed E-state index contributed by atoms with van der Waals surface area (Å²) >= 11 is 0. The summed E-state index contributed by atoms with van der Waals surface area (Å²) in [7, 11) is 1.60. The number of fused-ring (bicyclic) bond motifs is 1. The molecule has 4 nitrogen and oxygen atoms in total. The number of nitrogens with one attached hydrogen (secondary N) is 1. The SMILES string of the molecule is COc1cc2c(c(C(C)(C)C)c1)OCCNC2=O. The standard InChI is InChI=1S/C14H19NO3/c1-14(2,3)11-8-9(17-4)7-10-12(11)18-6-5-15-13(10)16/h7-8H,5-6H2,1-4H3,(H,15,16). The Morgan fingerprint density at radius 2 is 2.06 bits per heavy atom. The van der Waals surface area contributed by atoms with Crippen LogP contribution in [-0.4, -0.2) is 26.2 Å². The van der Waals surface area contributed by atoms with Crippen LogP contribution in [0.5, 0.6) is 11.5 Å². The number of hydrogen-bond donors (Lipinski definition) is 1. The predicted octanol–water partition coefficient (Wildman–Crippen LogP) is 2.11. The number of carbonyl (C=O) groups is 1. The Labute approximate surface area is 107 Å². The maximum absolute atomic E-state index is 12.0. The van der Waals surface area contributed by atoms with E-state index >= 15 is 0 Å². The summed E-state index contributed by atoms with van der Waals surface area (Å²) in [5.74, 6) is 1.25. The van der Waals surface area contributed by atoms with Crippen LogP contribution in [0.4, 0.5) is 0 Å². The lowest BCUT2D eigenvalue weighted by Crippen LogP contribution is -2.24. The quantitative estimate of drug-likeness (QED) is 0.829. The summed E-state index contributed by atoms with van der Waals surface area (Å²) in [5.41, 5.74) is 1.44. The maximum atomic E-state index is 12.0. The van der Waals surface area contributed by atoms with Crippen LogP contribution >= 0.6 is 0 Å². The molecule has 1 aliphatic rings. The van der Waals surface area contributed by atoms with E-state index in [1.807, 2.05) is 6.07 Å². The van der Waals surface area contributed by atoms with Gasteiger partial charge in [-0.25, -0.2) is 0 Å². The summed E-state index contributed by atoms with van der Waals surface area (Å²) in [5, 5.41) is 2.81. The molecule has 0 aromatic heterocycles. The van der Waals surface area contributed by atoms with E-state index in [9.17, 15) is 4.79 Å². The van der Waals surface area contributed by atoms with Crippen LogP contribution < -0.4 is 14.8 Å². The minimum Gasteiger partial charge on any atom is -0.497 e. The first-order chi connectivity index (χ1) is 8.43. The van der Waals surface area contributed by atoms with E-state index in [4.69, 9.17) is 9.47 Å². The molecule has 98 valence electrons. The van der Waals surface area contributed by atoms with E-state index in [1.165, 1.54) is 0 Å². The molecular formula is C14H19NO3. The summed E-state index contributed by atoms with van der Waals surface area (Å²) in [6.07, 6.45) is 0. The summed E-state index contributed by atoms with van der Waals surface area (Å²) in [6, 6.07) is 3.67. The Morgan fingerprint density at radius 1 is 1.33 bits per heavy atom. The molecule has 1 aromatic rings. The Bertz CT molecular complexity index is 475. The lowest BCUT2D eigenvalue weighted by Gasteiger charge is -2.24. The van der Waals surface area contributed by atoms with Gasteiger partial charge in [-0.05, 0) is 17.5 Å². The first kappa shape index (κ1) is 12.7. The minimum atomic E-state index is -0.108. The average Bonchev–Trinajstić information content (AvgIpc) is 2.49. The van der Waals surface area contributed by atoms with E-state index in [2.05, 4.69) is 26.1 Å². The minimum absolute atomic E-state index is 0.105. The van der Waals surface area contributed by atoms with Crippen LogP contribution in [-0.2, 0) is 5.41 Å². The van der Waals surface area contributed by atoms with E-state index in [-0.39, 0.29) is 11.3 Å². The Morgan fingerprint density at radius 3 is 2.67 bits per heavy atom. The molecule has 4 heteroatoms. The van der Waals surface area contributed by atoms with Gasteiger partial charge in [0.1, 0.15) is 18.1 Å². The molecule has 2 rings (SSSR count). The Balaban J connectivity index is 2.66. The van der Waals surface area contributed by atoms with Crippen molar-refractivity contribution in [3.8, 4) is 11.5 Å². The monoisotopic (exact) mass is 249 g/mol. The molecule has 18 heavy (non-hydrogen) atoms. The van der Waals surface area contributed by atoms with E-state index in [0.29, 0.717) is 30.2 Å². The molecule has 0 aliphatic carbocycles. The third-order valence-corrected chi connectivity index (χ3v) is 2.98. The van der Waals surface area contributed by atoms with Gasteiger partial charge >= 0.3 is 0 Å². The molecule has 1 aromatic carbocycles. The van der Waals surface area contributed by atoms with Crippen LogP contribution in [0.1, 0.15) is 36.7 Å². The van der Waals surface area contributed by atoms with Crippen LogP contribution in [0.15, 0.2) is 12.1 Å². The largest absolute Gasteiger partial charge is 0.497 e. The van der Waals surface area contributed by atoms with Crippen LogP contribution in [0.2, 0.25) is 0 Å². The molecule has 0 bridgehead atoms. The van der Waals surface area contributed by atoms with E-state index < -0.39 is 0 Å². The number of amides is 1. The third kappa shape index (κ3) is 2.28. The van der Waals surface area contributed by atoms with Gasteiger partial charge in [0.2, 0.25) is 0 Å². The molecular weight excluding hydrogens is 230 g/mol. The zero-order valence-electron chi connectivity index (χ0n) is 11.3. The normalized spacial score (nSPS) is 15.2. The third-order valence-electron chi connectivity index (χ3n) is 2.98. The smallest absolute Gasteiger partial charge is 0.255 e. The number of benzene rings is 1. The van der Waals surface area contributed by atoms with E-state index in [1.54, 1.807) is 13.2 Å². The lowest BCUT2D eigenvalue weighted by atomic mass is 9.85. The number of carbonyl (C=O) groups excluding carboxylic acids is 1. The molecule has 0 fully saturated rings. The number of hydrogen-bond acceptors (Lipinski definition) is 3.